The lowest BCUT2D eigenvalue weighted by molar-refractivity contribution is 0.151. The summed E-state index contributed by atoms with van der Waals surface area (Å²) >= 11 is 33.0. The van der Waals surface area contributed by atoms with Crippen LogP contribution in [0.2, 0.25) is 0 Å². The van der Waals surface area contributed by atoms with Gasteiger partial charge in [0, 0.05) is 0 Å². The molecule has 2 aromatic carbocycles. The Hall–Kier alpha value is -0.950. The lowest BCUT2D eigenvalue weighted by Crippen LogP contribution is -2.15. The Morgan fingerprint density at radius 1 is 0.577 bits per heavy atom. The highest BCUT2D eigenvalue weighted by atomic mass is 35.6. The number of hydrogen-bond donors (Lipinski definition) is 0. The van der Waals surface area contributed by atoms with E-state index >= 15 is 0 Å². The van der Waals surface area contributed by atoms with Gasteiger partial charge >= 0.3 is 14.1 Å². The van der Waals surface area contributed by atoms with Gasteiger partial charge in [0.25, 0.3) is 0 Å². The molecule has 0 fully saturated rings. The van der Waals surface area contributed by atoms with Crippen LogP contribution in [-0.4, -0.2) is 14.1 Å². The fourth-order valence-electron chi connectivity index (χ4n) is 1.63. The van der Waals surface area contributed by atoms with Crippen molar-refractivity contribution < 1.29 is 23.7 Å². The average Bonchev–Trinajstić information content (AvgIpc) is 2.48. The first kappa shape index (κ1) is 21.4. The fraction of sp³-hybridized carbons (Fsp3) is 0.133. The summed E-state index contributed by atoms with van der Waals surface area (Å²) in [5.74, 6) is 0.941. The van der Waals surface area contributed by atoms with Crippen molar-refractivity contribution in [2.45, 2.75) is 7.96 Å². The summed E-state index contributed by atoms with van der Waals surface area (Å²) in [5, 5.41) is 0. The van der Waals surface area contributed by atoms with Gasteiger partial charge in [0.15, 0.2) is 0 Å². The summed E-state index contributed by atoms with van der Waals surface area (Å²) in [6.07, 6.45) is -0.963. The smallest absolute Gasteiger partial charge is 0.446 e. The summed E-state index contributed by atoms with van der Waals surface area (Å²) < 4.78 is 16.2. The summed E-state index contributed by atoms with van der Waals surface area (Å²) in [6, 6.07) is 11.5. The Bertz CT molecular complexity index is 674. The molecular formula is C15H8Cl6O5. The number of carbonyl (C=O) groups is 1. The van der Waals surface area contributed by atoms with E-state index in [-0.39, 0.29) is 23.0 Å². The van der Waals surface area contributed by atoms with Gasteiger partial charge in [-0.25, -0.2) is 4.79 Å². The minimum atomic E-state index is -1.90. The van der Waals surface area contributed by atoms with Gasteiger partial charge in [0.2, 0.25) is 0 Å². The van der Waals surface area contributed by atoms with Crippen LogP contribution in [0, 0.1) is 0 Å². The highest BCUT2D eigenvalue weighted by molar-refractivity contribution is 6.66. The molecular weight excluding hydrogens is 473 g/mol. The van der Waals surface area contributed by atoms with E-state index < -0.39 is 14.1 Å². The minimum Gasteiger partial charge on any atom is -0.446 e. The molecule has 0 unspecified atom stereocenters. The summed E-state index contributed by atoms with van der Waals surface area (Å²) in [6.45, 7) is 0. The van der Waals surface area contributed by atoms with Gasteiger partial charge in [-0.2, -0.15) is 0 Å². The Morgan fingerprint density at radius 2 is 0.846 bits per heavy atom. The molecule has 26 heavy (non-hydrogen) atoms. The third kappa shape index (κ3) is 8.16. The van der Waals surface area contributed by atoms with E-state index in [1.807, 2.05) is 0 Å². The highest BCUT2D eigenvalue weighted by Gasteiger charge is 2.22. The molecule has 0 heterocycles. The topological polar surface area (TPSA) is 54.0 Å². The SMILES string of the molecule is O=C(Oc1ccc(OC(Cl)(Cl)Cl)cc1)Oc1ccc(OC(Cl)(Cl)Cl)cc1. The average molecular weight is 481 g/mol. The van der Waals surface area contributed by atoms with Gasteiger partial charge in [-0.1, -0.05) is 0 Å². The molecule has 0 spiro atoms. The van der Waals surface area contributed by atoms with Crippen LogP contribution in [-0.2, 0) is 0 Å². The molecule has 0 aliphatic carbocycles. The van der Waals surface area contributed by atoms with Crippen LogP contribution >= 0.6 is 69.6 Å². The van der Waals surface area contributed by atoms with Gasteiger partial charge in [-0.15, -0.1) is 0 Å². The Balaban J connectivity index is 1.90. The molecule has 2 rings (SSSR count). The zero-order valence-corrected chi connectivity index (χ0v) is 17.0. The largest absolute Gasteiger partial charge is 0.519 e. The van der Waals surface area contributed by atoms with Crippen LogP contribution in [0.1, 0.15) is 0 Å². The number of hydrogen-bond acceptors (Lipinski definition) is 5. The number of ether oxygens (including phenoxy) is 4. The van der Waals surface area contributed by atoms with E-state index in [2.05, 4.69) is 0 Å². The summed E-state index contributed by atoms with van der Waals surface area (Å²) in [5.41, 5.74) is 0. The van der Waals surface area contributed by atoms with Crippen molar-refractivity contribution in [2.24, 2.45) is 0 Å². The third-order valence-electron chi connectivity index (χ3n) is 2.52. The molecule has 11 heteroatoms. The molecule has 0 saturated heterocycles. The number of rotatable bonds is 4. The first-order valence-electron chi connectivity index (χ1n) is 6.61. The van der Waals surface area contributed by atoms with Crippen LogP contribution < -0.4 is 18.9 Å². The first-order chi connectivity index (χ1) is 12.0. The van der Waals surface area contributed by atoms with Crippen molar-refractivity contribution in [2.75, 3.05) is 0 Å². The van der Waals surface area contributed by atoms with Gasteiger partial charge in [0.1, 0.15) is 23.0 Å². The zero-order chi connectivity index (χ0) is 19.4. The second-order valence-corrected chi connectivity index (χ2v) is 8.85. The predicted octanol–water partition coefficient (Wildman–Crippen LogP) is 6.68. The molecule has 0 aromatic heterocycles. The first-order valence-corrected chi connectivity index (χ1v) is 8.88. The number of benzene rings is 2. The van der Waals surface area contributed by atoms with Crippen LogP contribution in [0.4, 0.5) is 4.79 Å². The Kier molecular flexibility index (Phi) is 7.25. The maximum atomic E-state index is 11.8. The number of halogens is 6. The number of carbonyl (C=O) groups excluding carboxylic acids is 1. The van der Waals surface area contributed by atoms with Crippen LogP contribution in [0.5, 0.6) is 23.0 Å². The third-order valence-corrected chi connectivity index (χ3v) is 2.98. The van der Waals surface area contributed by atoms with Crippen molar-refractivity contribution in [3.8, 4) is 23.0 Å². The molecule has 0 saturated carbocycles. The van der Waals surface area contributed by atoms with Crippen molar-refractivity contribution in [1.29, 1.82) is 0 Å². The fourth-order valence-corrected chi connectivity index (χ4v) is 2.17. The van der Waals surface area contributed by atoms with E-state index in [1.54, 1.807) is 0 Å². The molecule has 0 atom stereocenters. The molecule has 0 bridgehead atoms. The molecule has 0 aliphatic rings. The highest BCUT2D eigenvalue weighted by Crippen LogP contribution is 2.32. The Morgan fingerprint density at radius 3 is 1.12 bits per heavy atom. The summed E-state index contributed by atoms with van der Waals surface area (Å²) in [7, 11) is 0. The molecule has 0 N–H and O–H groups in total. The van der Waals surface area contributed by atoms with Crippen molar-refractivity contribution in [3.05, 3.63) is 48.5 Å². The normalized spacial score (nSPS) is 11.6. The lowest BCUT2D eigenvalue weighted by atomic mass is 10.3. The van der Waals surface area contributed by atoms with E-state index in [9.17, 15) is 4.79 Å². The van der Waals surface area contributed by atoms with Gasteiger partial charge in [0.05, 0.1) is 0 Å². The van der Waals surface area contributed by atoms with E-state index in [4.69, 9.17) is 88.6 Å². The van der Waals surface area contributed by atoms with Gasteiger partial charge in [-0.3, -0.25) is 0 Å². The molecule has 5 nitrogen and oxygen atoms in total. The van der Waals surface area contributed by atoms with Crippen LogP contribution in [0.25, 0.3) is 0 Å². The molecule has 2 aromatic rings. The quantitative estimate of drug-likeness (QED) is 0.277. The lowest BCUT2D eigenvalue weighted by Gasteiger charge is -2.14. The molecule has 0 aliphatic heterocycles. The minimum absolute atomic E-state index is 0.197. The Labute approximate surface area is 178 Å². The van der Waals surface area contributed by atoms with Gasteiger partial charge < -0.3 is 18.9 Å². The van der Waals surface area contributed by atoms with E-state index in [0.717, 1.165) is 0 Å². The predicted molar refractivity (Wildman–Crippen MR) is 101 cm³/mol. The van der Waals surface area contributed by atoms with Crippen molar-refractivity contribution >= 4 is 75.8 Å². The van der Waals surface area contributed by atoms with Crippen LogP contribution in [0.15, 0.2) is 48.5 Å². The van der Waals surface area contributed by atoms with Crippen molar-refractivity contribution in [3.63, 3.8) is 0 Å². The summed E-state index contributed by atoms with van der Waals surface area (Å²) in [4.78, 5) is 11.8. The van der Waals surface area contributed by atoms with Crippen LogP contribution in [0.3, 0.4) is 0 Å². The molecule has 0 radical (unpaired) electrons. The van der Waals surface area contributed by atoms with E-state index in [1.165, 1.54) is 48.5 Å². The maximum absolute atomic E-state index is 11.8. The van der Waals surface area contributed by atoms with Crippen molar-refractivity contribution in [1.82, 2.24) is 0 Å². The standard InChI is InChI=1S/C15H8Cl6O5/c16-14(17,18)25-11-5-1-9(2-6-11)23-13(22)24-10-3-7-12(8-4-10)26-15(19,20)21/h1-8H. The van der Waals surface area contributed by atoms with E-state index in [0.29, 0.717) is 0 Å². The second kappa shape index (κ2) is 8.83. The number of alkyl halides is 6. The molecule has 140 valence electrons. The monoisotopic (exact) mass is 478 g/mol. The second-order valence-electron chi connectivity index (χ2n) is 4.49. The molecule has 0 amide bonds. The van der Waals surface area contributed by atoms with Gasteiger partial charge in [-0.05, 0) is 118 Å². The maximum Gasteiger partial charge on any atom is 0.519 e. The zero-order valence-electron chi connectivity index (χ0n) is 12.4.